The summed E-state index contributed by atoms with van der Waals surface area (Å²) >= 11 is 0. The lowest BCUT2D eigenvalue weighted by Gasteiger charge is -2.25. The van der Waals surface area contributed by atoms with Gasteiger partial charge >= 0.3 is 0 Å². The second-order valence-electron chi connectivity index (χ2n) is 7.12. The highest BCUT2D eigenvalue weighted by atomic mass is 16.5. The van der Waals surface area contributed by atoms with Crippen LogP contribution in [0.5, 0.6) is 0 Å². The fraction of sp³-hybridized carbons (Fsp3) is 0.882. The number of rotatable bonds is 7. The zero-order valence-corrected chi connectivity index (χ0v) is 14.2. The van der Waals surface area contributed by atoms with Crippen molar-refractivity contribution in [2.75, 3.05) is 6.54 Å². The van der Waals surface area contributed by atoms with Gasteiger partial charge in [-0.2, -0.15) is 4.98 Å². The van der Waals surface area contributed by atoms with Gasteiger partial charge < -0.3 is 9.84 Å². The lowest BCUT2D eigenvalue weighted by atomic mass is 9.89. The predicted octanol–water partition coefficient (Wildman–Crippen LogP) is 4.10. The summed E-state index contributed by atoms with van der Waals surface area (Å²) in [5, 5.41) is 7.86. The Morgan fingerprint density at radius 1 is 1.29 bits per heavy atom. The van der Waals surface area contributed by atoms with E-state index < -0.39 is 0 Å². The summed E-state index contributed by atoms with van der Waals surface area (Å²) in [5.41, 5.74) is 0. The standard InChI is InChI=1S/C17H31N3O/c1-6-9-18-13(5)15(11(2)3)17-19-16(20-21-17)14-8-7-12(4)10-14/h11-15,18H,6-10H2,1-5H3. The van der Waals surface area contributed by atoms with E-state index in [2.05, 4.69) is 45.1 Å². The van der Waals surface area contributed by atoms with E-state index >= 15 is 0 Å². The van der Waals surface area contributed by atoms with Gasteiger partial charge in [-0.3, -0.25) is 0 Å². The van der Waals surface area contributed by atoms with Gasteiger partial charge in [-0.05, 0) is 51.0 Å². The Labute approximate surface area is 129 Å². The summed E-state index contributed by atoms with van der Waals surface area (Å²) in [7, 11) is 0. The SMILES string of the molecule is CCCNC(C)C(c1nc(C2CCC(C)C2)no1)C(C)C. The van der Waals surface area contributed by atoms with Crippen molar-refractivity contribution < 1.29 is 4.52 Å². The average molecular weight is 293 g/mol. The van der Waals surface area contributed by atoms with Gasteiger partial charge in [-0.15, -0.1) is 0 Å². The van der Waals surface area contributed by atoms with E-state index in [1.807, 2.05) is 0 Å². The van der Waals surface area contributed by atoms with E-state index in [4.69, 9.17) is 9.51 Å². The van der Waals surface area contributed by atoms with Gasteiger partial charge in [0.15, 0.2) is 5.82 Å². The summed E-state index contributed by atoms with van der Waals surface area (Å²) in [5.74, 6) is 3.82. The van der Waals surface area contributed by atoms with Gasteiger partial charge in [-0.1, -0.05) is 32.9 Å². The molecule has 1 aromatic rings. The minimum absolute atomic E-state index is 0.289. The number of hydrogen-bond donors (Lipinski definition) is 1. The molecule has 120 valence electrons. The molecule has 2 rings (SSSR count). The van der Waals surface area contributed by atoms with Crippen LogP contribution < -0.4 is 5.32 Å². The second-order valence-corrected chi connectivity index (χ2v) is 7.12. The molecule has 21 heavy (non-hydrogen) atoms. The molecule has 0 aliphatic heterocycles. The normalized spacial score (nSPS) is 25.4. The van der Waals surface area contributed by atoms with Crippen LogP contribution in [0.25, 0.3) is 0 Å². The van der Waals surface area contributed by atoms with Crippen molar-refractivity contribution in [1.82, 2.24) is 15.5 Å². The second kappa shape index (κ2) is 7.39. The van der Waals surface area contributed by atoms with Gasteiger partial charge in [0, 0.05) is 12.0 Å². The van der Waals surface area contributed by atoms with E-state index in [0.29, 0.717) is 17.9 Å². The first kappa shape index (κ1) is 16.5. The van der Waals surface area contributed by atoms with Crippen LogP contribution in [0.4, 0.5) is 0 Å². The molecule has 1 aromatic heterocycles. The minimum Gasteiger partial charge on any atom is -0.339 e. The fourth-order valence-corrected chi connectivity index (χ4v) is 3.57. The van der Waals surface area contributed by atoms with E-state index in [1.165, 1.54) is 19.3 Å². The highest BCUT2D eigenvalue weighted by Gasteiger charge is 2.31. The monoisotopic (exact) mass is 293 g/mol. The van der Waals surface area contributed by atoms with Crippen molar-refractivity contribution in [2.24, 2.45) is 11.8 Å². The third kappa shape index (κ3) is 4.06. The maximum absolute atomic E-state index is 5.64. The summed E-state index contributed by atoms with van der Waals surface area (Å²) in [4.78, 5) is 4.76. The Balaban J connectivity index is 2.08. The first-order valence-electron chi connectivity index (χ1n) is 8.59. The first-order valence-corrected chi connectivity index (χ1v) is 8.59. The van der Waals surface area contributed by atoms with Crippen molar-refractivity contribution in [3.63, 3.8) is 0 Å². The summed E-state index contributed by atoms with van der Waals surface area (Å²) < 4.78 is 5.64. The molecule has 1 aliphatic rings. The molecule has 0 bridgehead atoms. The Morgan fingerprint density at radius 3 is 2.62 bits per heavy atom. The van der Waals surface area contributed by atoms with Crippen LogP contribution in [-0.4, -0.2) is 22.7 Å². The van der Waals surface area contributed by atoms with Crippen LogP contribution >= 0.6 is 0 Å². The lowest BCUT2D eigenvalue weighted by molar-refractivity contribution is 0.278. The van der Waals surface area contributed by atoms with E-state index in [1.54, 1.807) is 0 Å². The van der Waals surface area contributed by atoms with Gasteiger partial charge in [0.1, 0.15) is 0 Å². The number of nitrogens with one attached hydrogen (secondary N) is 1. The quantitative estimate of drug-likeness (QED) is 0.822. The third-order valence-corrected chi connectivity index (χ3v) is 4.78. The van der Waals surface area contributed by atoms with Crippen molar-refractivity contribution in [3.05, 3.63) is 11.7 Å². The number of nitrogens with zero attached hydrogens (tertiary/aromatic N) is 2. The molecule has 0 spiro atoms. The van der Waals surface area contributed by atoms with Crippen molar-refractivity contribution in [1.29, 1.82) is 0 Å². The Hall–Kier alpha value is -0.900. The van der Waals surface area contributed by atoms with Crippen LogP contribution in [0.1, 0.15) is 83.9 Å². The molecule has 4 unspecified atom stereocenters. The zero-order chi connectivity index (χ0) is 15.4. The molecule has 1 heterocycles. The van der Waals surface area contributed by atoms with Crippen LogP contribution in [0, 0.1) is 11.8 Å². The molecular weight excluding hydrogens is 262 g/mol. The molecule has 0 saturated heterocycles. The molecule has 4 nitrogen and oxygen atoms in total. The van der Waals surface area contributed by atoms with E-state index in [0.717, 1.165) is 30.6 Å². The zero-order valence-electron chi connectivity index (χ0n) is 14.2. The Kier molecular flexibility index (Phi) is 5.80. The molecule has 0 aromatic carbocycles. The van der Waals surface area contributed by atoms with Crippen LogP contribution in [-0.2, 0) is 0 Å². The highest BCUT2D eigenvalue weighted by Crippen LogP contribution is 2.37. The van der Waals surface area contributed by atoms with Gasteiger partial charge in [0.2, 0.25) is 5.89 Å². The summed E-state index contributed by atoms with van der Waals surface area (Å²) in [6, 6.07) is 0.362. The number of hydrogen-bond acceptors (Lipinski definition) is 4. The Bertz CT molecular complexity index is 429. The molecule has 0 radical (unpaired) electrons. The summed E-state index contributed by atoms with van der Waals surface area (Å²) in [6.07, 6.45) is 4.84. The van der Waals surface area contributed by atoms with Crippen LogP contribution in [0.2, 0.25) is 0 Å². The van der Waals surface area contributed by atoms with Gasteiger partial charge in [-0.25, -0.2) is 0 Å². The molecule has 1 N–H and O–H groups in total. The Morgan fingerprint density at radius 2 is 2.05 bits per heavy atom. The highest BCUT2D eigenvalue weighted by molar-refractivity contribution is 5.04. The maximum atomic E-state index is 5.64. The van der Waals surface area contributed by atoms with Crippen molar-refractivity contribution in [3.8, 4) is 0 Å². The summed E-state index contributed by atoms with van der Waals surface area (Å²) in [6.45, 7) is 12.2. The molecule has 0 amide bonds. The van der Waals surface area contributed by atoms with E-state index in [-0.39, 0.29) is 5.92 Å². The third-order valence-electron chi connectivity index (χ3n) is 4.78. The van der Waals surface area contributed by atoms with Crippen molar-refractivity contribution >= 4 is 0 Å². The lowest BCUT2D eigenvalue weighted by Crippen LogP contribution is -2.35. The first-order chi connectivity index (χ1) is 10.0. The van der Waals surface area contributed by atoms with Crippen molar-refractivity contribution in [2.45, 2.75) is 78.2 Å². The molecule has 1 fully saturated rings. The van der Waals surface area contributed by atoms with Gasteiger partial charge in [0.25, 0.3) is 0 Å². The fourth-order valence-electron chi connectivity index (χ4n) is 3.57. The van der Waals surface area contributed by atoms with Gasteiger partial charge in [0.05, 0.1) is 5.92 Å². The van der Waals surface area contributed by atoms with E-state index in [9.17, 15) is 0 Å². The molecular formula is C17H31N3O. The minimum atomic E-state index is 0.289. The molecule has 1 aliphatic carbocycles. The van der Waals surface area contributed by atoms with Crippen LogP contribution in [0.3, 0.4) is 0 Å². The van der Waals surface area contributed by atoms with Crippen LogP contribution in [0.15, 0.2) is 4.52 Å². The molecule has 1 saturated carbocycles. The largest absolute Gasteiger partial charge is 0.339 e. The number of aromatic nitrogens is 2. The molecule has 4 heteroatoms. The predicted molar refractivity (Wildman–Crippen MR) is 85.4 cm³/mol. The maximum Gasteiger partial charge on any atom is 0.231 e. The molecule has 4 atom stereocenters. The smallest absolute Gasteiger partial charge is 0.231 e. The topological polar surface area (TPSA) is 51.0 Å². The average Bonchev–Trinajstić information content (AvgIpc) is 3.05.